The molecule has 7 heteroatoms. The summed E-state index contributed by atoms with van der Waals surface area (Å²) < 4.78 is 0. The van der Waals surface area contributed by atoms with Crippen molar-refractivity contribution in [1.29, 1.82) is 0 Å². The average Bonchev–Trinajstić information content (AvgIpc) is 3.18. The second kappa shape index (κ2) is 7.22. The standard InChI is InChI=1S/C23H23ClN2O4/c1-12(2)23(22(29)30)18-17(19(25-23)14-8-6-9-15(24)11-14)20(27)26(21(18)28)16-10-5-4-7-13(16)3/h4-12,17-19,25H,1-3H3,(H,29,30). The van der Waals surface area contributed by atoms with Crippen molar-refractivity contribution in [1.82, 2.24) is 5.32 Å². The molecule has 4 rings (SSSR count). The Labute approximate surface area is 179 Å². The molecule has 4 unspecified atom stereocenters. The van der Waals surface area contributed by atoms with Gasteiger partial charge in [0.25, 0.3) is 0 Å². The van der Waals surface area contributed by atoms with Gasteiger partial charge in [-0.15, -0.1) is 0 Å². The topological polar surface area (TPSA) is 86.7 Å². The van der Waals surface area contributed by atoms with E-state index < -0.39 is 41.2 Å². The van der Waals surface area contributed by atoms with Crippen LogP contribution in [0.15, 0.2) is 48.5 Å². The summed E-state index contributed by atoms with van der Waals surface area (Å²) in [6.45, 7) is 5.34. The number of anilines is 1. The van der Waals surface area contributed by atoms with Gasteiger partial charge in [0, 0.05) is 11.1 Å². The lowest BCUT2D eigenvalue weighted by Crippen LogP contribution is -2.59. The molecule has 2 aromatic carbocycles. The predicted octanol–water partition coefficient (Wildman–Crippen LogP) is 3.58. The Kier molecular flexibility index (Phi) is 4.95. The number of benzene rings is 2. The molecule has 0 saturated carbocycles. The molecule has 0 aromatic heterocycles. The molecule has 6 nitrogen and oxygen atoms in total. The van der Waals surface area contributed by atoms with Crippen molar-refractivity contribution in [3.05, 3.63) is 64.7 Å². The Bertz CT molecular complexity index is 1050. The number of carboxylic acids is 1. The van der Waals surface area contributed by atoms with E-state index in [4.69, 9.17) is 11.6 Å². The van der Waals surface area contributed by atoms with Crippen LogP contribution in [0.2, 0.25) is 5.02 Å². The fourth-order valence-electron chi connectivity index (χ4n) is 4.95. The number of carbonyl (C=O) groups is 3. The summed E-state index contributed by atoms with van der Waals surface area (Å²) in [5.41, 5.74) is 0.391. The van der Waals surface area contributed by atoms with Gasteiger partial charge in [-0.2, -0.15) is 0 Å². The number of hydrogen-bond acceptors (Lipinski definition) is 4. The van der Waals surface area contributed by atoms with Gasteiger partial charge >= 0.3 is 5.97 Å². The van der Waals surface area contributed by atoms with E-state index in [0.717, 1.165) is 5.56 Å². The zero-order valence-electron chi connectivity index (χ0n) is 16.9. The van der Waals surface area contributed by atoms with Crippen molar-refractivity contribution in [3.63, 3.8) is 0 Å². The van der Waals surface area contributed by atoms with Gasteiger partial charge in [-0.25, -0.2) is 4.90 Å². The lowest BCUT2D eigenvalue weighted by atomic mass is 9.73. The molecule has 0 aliphatic carbocycles. The number of nitrogens with one attached hydrogen (secondary N) is 1. The van der Waals surface area contributed by atoms with Crippen molar-refractivity contribution in [3.8, 4) is 0 Å². The number of para-hydroxylation sites is 1. The van der Waals surface area contributed by atoms with Crippen molar-refractivity contribution in [2.75, 3.05) is 4.90 Å². The highest BCUT2D eigenvalue weighted by Gasteiger charge is 2.69. The summed E-state index contributed by atoms with van der Waals surface area (Å²) in [7, 11) is 0. The second-order valence-corrected chi connectivity index (χ2v) is 8.74. The third kappa shape index (κ3) is 2.78. The number of fused-ring (bicyclic) bond motifs is 1. The molecule has 0 bridgehead atoms. The average molecular weight is 427 g/mol. The summed E-state index contributed by atoms with van der Waals surface area (Å²) in [5, 5.41) is 13.9. The van der Waals surface area contributed by atoms with E-state index in [1.807, 2.05) is 19.1 Å². The molecule has 2 heterocycles. The van der Waals surface area contributed by atoms with Gasteiger partial charge in [0.1, 0.15) is 5.54 Å². The molecule has 2 aliphatic rings. The number of halogens is 1. The third-order valence-electron chi connectivity index (χ3n) is 6.42. The molecular weight excluding hydrogens is 404 g/mol. The lowest BCUT2D eigenvalue weighted by Gasteiger charge is -2.34. The molecule has 0 spiro atoms. The molecule has 2 N–H and O–H groups in total. The van der Waals surface area contributed by atoms with Gasteiger partial charge in [-0.1, -0.05) is 55.8 Å². The SMILES string of the molecule is Cc1ccccc1N1C(=O)C2C(c3cccc(Cl)c3)NC(C(=O)O)(C(C)C)C2C1=O. The van der Waals surface area contributed by atoms with Gasteiger partial charge in [-0.3, -0.25) is 19.7 Å². The second-order valence-electron chi connectivity index (χ2n) is 8.31. The number of imide groups is 1. The number of aryl methyl sites for hydroxylation is 1. The van der Waals surface area contributed by atoms with Gasteiger partial charge in [0.2, 0.25) is 11.8 Å². The van der Waals surface area contributed by atoms with E-state index in [9.17, 15) is 19.5 Å². The van der Waals surface area contributed by atoms with Crippen LogP contribution in [0.5, 0.6) is 0 Å². The van der Waals surface area contributed by atoms with Gasteiger partial charge in [0.15, 0.2) is 0 Å². The Hall–Kier alpha value is -2.70. The molecule has 2 aromatic rings. The third-order valence-corrected chi connectivity index (χ3v) is 6.66. The lowest BCUT2D eigenvalue weighted by molar-refractivity contribution is -0.151. The molecule has 2 saturated heterocycles. The Morgan fingerprint density at radius 1 is 1.13 bits per heavy atom. The van der Waals surface area contributed by atoms with Crippen LogP contribution in [0.1, 0.15) is 31.0 Å². The minimum Gasteiger partial charge on any atom is -0.480 e. The fourth-order valence-corrected chi connectivity index (χ4v) is 5.15. The fraction of sp³-hybridized carbons (Fsp3) is 0.348. The Morgan fingerprint density at radius 2 is 1.83 bits per heavy atom. The minimum absolute atomic E-state index is 0.388. The summed E-state index contributed by atoms with van der Waals surface area (Å²) in [6.07, 6.45) is 0. The van der Waals surface area contributed by atoms with Crippen molar-refractivity contribution in [2.24, 2.45) is 17.8 Å². The van der Waals surface area contributed by atoms with Crippen LogP contribution >= 0.6 is 11.6 Å². The first kappa shape index (κ1) is 20.6. The molecule has 156 valence electrons. The van der Waals surface area contributed by atoms with Crippen molar-refractivity contribution in [2.45, 2.75) is 32.4 Å². The molecular formula is C23H23ClN2O4. The largest absolute Gasteiger partial charge is 0.480 e. The van der Waals surface area contributed by atoms with Crippen LogP contribution in [0.4, 0.5) is 5.69 Å². The van der Waals surface area contributed by atoms with Crippen LogP contribution in [-0.4, -0.2) is 28.4 Å². The van der Waals surface area contributed by atoms with Crippen LogP contribution in [0, 0.1) is 24.7 Å². The Balaban J connectivity index is 1.91. The van der Waals surface area contributed by atoms with Crippen LogP contribution in [0.25, 0.3) is 0 Å². The highest BCUT2D eigenvalue weighted by molar-refractivity contribution is 6.30. The monoisotopic (exact) mass is 426 g/mol. The molecule has 2 amide bonds. The maximum Gasteiger partial charge on any atom is 0.325 e. The summed E-state index contributed by atoms with van der Waals surface area (Å²) in [5.74, 6) is -4.29. The molecule has 4 atom stereocenters. The maximum absolute atomic E-state index is 13.6. The number of carbonyl (C=O) groups excluding carboxylic acids is 2. The van der Waals surface area contributed by atoms with Crippen LogP contribution in [0.3, 0.4) is 0 Å². The first-order chi connectivity index (χ1) is 14.2. The number of rotatable bonds is 4. The molecule has 30 heavy (non-hydrogen) atoms. The number of aliphatic carboxylic acids is 1. The summed E-state index contributed by atoms with van der Waals surface area (Å²) in [4.78, 5) is 40.9. The quantitative estimate of drug-likeness (QED) is 0.730. The maximum atomic E-state index is 13.6. The number of nitrogens with zero attached hydrogens (tertiary/aromatic N) is 1. The van der Waals surface area contributed by atoms with Crippen LogP contribution in [-0.2, 0) is 14.4 Å². The zero-order valence-corrected chi connectivity index (χ0v) is 17.7. The molecule has 2 fully saturated rings. The Morgan fingerprint density at radius 3 is 2.43 bits per heavy atom. The first-order valence-electron chi connectivity index (χ1n) is 9.90. The van der Waals surface area contributed by atoms with Crippen LogP contribution < -0.4 is 10.2 Å². The minimum atomic E-state index is -1.57. The van der Waals surface area contributed by atoms with E-state index in [2.05, 4.69) is 5.32 Å². The highest BCUT2D eigenvalue weighted by Crippen LogP contribution is 2.52. The van der Waals surface area contributed by atoms with E-state index in [1.54, 1.807) is 50.2 Å². The van der Waals surface area contributed by atoms with E-state index >= 15 is 0 Å². The molecule has 2 aliphatic heterocycles. The van der Waals surface area contributed by atoms with Gasteiger partial charge in [-0.05, 0) is 42.2 Å². The molecule has 0 radical (unpaired) electrons. The summed E-state index contributed by atoms with van der Waals surface area (Å²) >= 11 is 6.17. The van der Waals surface area contributed by atoms with E-state index in [0.29, 0.717) is 16.3 Å². The van der Waals surface area contributed by atoms with E-state index in [-0.39, 0.29) is 5.91 Å². The van der Waals surface area contributed by atoms with Gasteiger partial charge in [0.05, 0.1) is 17.5 Å². The van der Waals surface area contributed by atoms with E-state index in [1.165, 1.54) is 4.90 Å². The summed E-state index contributed by atoms with van der Waals surface area (Å²) in [6, 6.07) is 13.5. The van der Waals surface area contributed by atoms with Gasteiger partial charge < -0.3 is 5.11 Å². The van der Waals surface area contributed by atoms with Crippen molar-refractivity contribution >= 4 is 35.1 Å². The number of carboxylic acid groups (broad SMARTS) is 1. The zero-order chi connectivity index (χ0) is 21.8. The predicted molar refractivity (Wildman–Crippen MR) is 113 cm³/mol. The highest BCUT2D eigenvalue weighted by atomic mass is 35.5. The first-order valence-corrected chi connectivity index (χ1v) is 10.3. The van der Waals surface area contributed by atoms with Crippen molar-refractivity contribution < 1.29 is 19.5 Å². The number of amides is 2. The normalized spacial score (nSPS) is 28.3. The smallest absolute Gasteiger partial charge is 0.325 e. The number of hydrogen-bond donors (Lipinski definition) is 2.